The highest BCUT2D eigenvalue weighted by molar-refractivity contribution is 7.91. The summed E-state index contributed by atoms with van der Waals surface area (Å²) in [5.74, 6) is -0.725. The third kappa shape index (κ3) is 3.27. The van der Waals surface area contributed by atoms with Gasteiger partial charge in [0.25, 0.3) is 5.91 Å². The standard InChI is InChI=1S/C10H12ClN3O3S/c1-3-5-12-9(15)8-7(11)6-13-10(14-8)18(16,17)4-2/h3,6H,1,4-5H2,2H3,(H,12,15). The van der Waals surface area contributed by atoms with E-state index in [0.717, 1.165) is 6.20 Å². The summed E-state index contributed by atoms with van der Waals surface area (Å²) in [4.78, 5) is 19.0. The molecule has 0 spiro atoms. The number of aromatic nitrogens is 2. The normalized spacial score (nSPS) is 11.0. The van der Waals surface area contributed by atoms with Gasteiger partial charge in [-0.2, -0.15) is 0 Å². The second-order valence-electron chi connectivity index (χ2n) is 3.25. The monoisotopic (exact) mass is 289 g/mol. The maximum absolute atomic E-state index is 11.7. The van der Waals surface area contributed by atoms with Crippen molar-refractivity contribution in [2.24, 2.45) is 0 Å². The van der Waals surface area contributed by atoms with Gasteiger partial charge in [0.15, 0.2) is 5.69 Å². The minimum absolute atomic E-state index is 0.00776. The van der Waals surface area contributed by atoms with E-state index in [1.807, 2.05) is 0 Å². The fourth-order valence-corrected chi connectivity index (χ4v) is 1.92. The van der Waals surface area contributed by atoms with Crippen LogP contribution in [0, 0.1) is 0 Å². The molecule has 1 aromatic rings. The summed E-state index contributed by atoms with van der Waals surface area (Å²) in [6, 6.07) is 0. The molecular formula is C10H12ClN3O3S. The predicted octanol–water partition coefficient (Wildman–Crippen LogP) is 0.839. The van der Waals surface area contributed by atoms with Crippen molar-refractivity contribution in [3.63, 3.8) is 0 Å². The molecule has 0 bridgehead atoms. The van der Waals surface area contributed by atoms with Crippen LogP contribution in [0.15, 0.2) is 24.0 Å². The van der Waals surface area contributed by atoms with Crippen LogP contribution in [-0.4, -0.2) is 36.6 Å². The molecule has 0 aliphatic heterocycles. The summed E-state index contributed by atoms with van der Waals surface area (Å²) in [7, 11) is -3.57. The number of rotatable bonds is 5. The Morgan fingerprint density at radius 2 is 2.28 bits per heavy atom. The lowest BCUT2D eigenvalue weighted by Gasteiger charge is -2.05. The van der Waals surface area contributed by atoms with Gasteiger partial charge >= 0.3 is 0 Å². The second-order valence-corrected chi connectivity index (χ2v) is 5.83. The molecule has 1 heterocycles. The average molecular weight is 290 g/mol. The summed E-state index contributed by atoms with van der Waals surface area (Å²) < 4.78 is 23.2. The Hall–Kier alpha value is -1.47. The lowest BCUT2D eigenvalue weighted by molar-refractivity contribution is 0.0952. The largest absolute Gasteiger partial charge is 0.347 e. The van der Waals surface area contributed by atoms with Gasteiger partial charge in [0.05, 0.1) is 17.0 Å². The molecule has 0 saturated carbocycles. The maximum atomic E-state index is 11.7. The Bertz CT molecular complexity index is 572. The Morgan fingerprint density at radius 3 is 2.83 bits per heavy atom. The summed E-state index contributed by atoms with van der Waals surface area (Å²) in [6.07, 6.45) is 2.58. The van der Waals surface area contributed by atoms with Crippen molar-refractivity contribution in [1.82, 2.24) is 15.3 Å². The van der Waals surface area contributed by atoms with Crippen molar-refractivity contribution in [3.05, 3.63) is 29.6 Å². The summed E-state index contributed by atoms with van der Waals surface area (Å²) >= 11 is 5.76. The molecule has 0 radical (unpaired) electrons. The van der Waals surface area contributed by atoms with Gasteiger partial charge in [-0.25, -0.2) is 18.4 Å². The topological polar surface area (TPSA) is 89.0 Å². The zero-order valence-corrected chi connectivity index (χ0v) is 11.3. The van der Waals surface area contributed by atoms with E-state index in [1.54, 1.807) is 0 Å². The molecule has 8 heteroatoms. The molecule has 1 aromatic heterocycles. The predicted molar refractivity (Wildman–Crippen MR) is 67.3 cm³/mol. The Labute approximate surface area is 110 Å². The Morgan fingerprint density at radius 1 is 1.61 bits per heavy atom. The molecule has 1 N–H and O–H groups in total. The van der Waals surface area contributed by atoms with Crippen LogP contribution in [-0.2, 0) is 9.84 Å². The van der Waals surface area contributed by atoms with E-state index in [-0.39, 0.29) is 23.0 Å². The third-order valence-corrected chi connectivity index (χ3v) is 3.79. The Balaban J connectivity index is 3.17. The zero-order valence-electron chi connectivity index (χ0n) is 9.68. The van der Waals surface area contributed by atoms with Gasteiger partial charge in [-0.05, 0) is 0 Å². The van der Waals surface area contributed by atoms with Crippen molar-refractivity contribution in [2.75, 3.05) is 12.3 Å². The highest BCUT2D eigenvalue weighted by Gasteiger charge is 2.20. The van der Waals surface area contributed by atoms with Gasteiger partial charge in [-0.1, -0.05) is 24.6 Å². The zero-order chi connectivity index (χ0) is 13.8. The number of nitrogens with zero attached hydrogens (tertiary/aromatic N) is 2. The fourth-order valence-electron chi connectivity index (χ4n) is 1.04. The first kappa shape index (κ1) is 14.6. The van der Waals surface area contributed by atoms with Crippen LogP contribution in [0.4, 0.5) is 0 Å². The van der Waals surface area contributed by atoms with Gasteiger partial charge in [0, 0.05) is 6.54 Å². The lowest BCUT2D eigenvalue weighted by Crippen LogP contribution is -2.25. The van der Waals surface area contributed by atoms with Crippen LogP contribution >= 0.6 is 11.6 Å². The van der Waals surface area contributed by atoms with Gasteiger partial charge in [-0.15, -0.1) is 6.58 Å². The van der Waals surface area contributed by atoms with Crippen molar-refractivity contribution >= 4 is 27.3 Å². The molecule has 1 rings (SSSR count). The third-order valence-electron chi connectivity index (χ3n) is 2.00. The minimum Gasteiger partial charge on any atom is -0.347 e. The van der Waals surface area contributed by atoms with Crippen LogP contribution in [0.1, 0.15) is 17.4 Å². The smallest absolute Gasteiger partial charge is 0.271 e. The summed E-state index contributed by atoms with van der Waals surface area (Å²) in [5.41, 5.74) is -0.166. The van der Waals surface area contributed by atoms with E-state index in [2.05, 4.69) is 21.9 Å². The first-order chi connectivity index (χ1) is 8.42. The van der Waals surface area contributed by atoms with E-state index in [4.69, 9.17) is 11.6 Å². The van der Waals surface area contributed by atoms with Crippen LogP contribution in [0.3, 0.4) is 0 Å². The van der Waals surface area contributed by atoms with E-state index in [1.165, 1.54) is 13.0 Å². The Kier molecular flexibility index (Phi) is 4.80. The van der Waals surface area contributed by atoms with Crippen molar-refractivity contribution in [3.8, 4) is 0 Å². The number of halogens is 1. The number of hydrogen-bond acceptors (Lipinski definition) is 5. The molecule has 0 aromatic carbocycles. The van der Waals surface area contributed by atoms with E-state index >= 15 is 0 Å². The van der Waals surface area contributed by atoms with Crippen molar-refractivity contribution < 1.29 is 13.2 Å². The first-order valence-electron chi connectivity index (χ1n) is 5.06. The number of carbonyl (C=O) groups is 1. The number of carbonyl (C=O) groups excluding carboxylic acids is 1. The van der Waals surface area contributed by atoms with Crippen LogP contribution in [0.2, 0.25) is 5.02 Å². The van der Waals surface area contributed by atoms with E-state index in [0.29, 0.717) is 0 Å². The van der Waals surface area contributed by atoms with Gasteiger partial charge < -0.3 is 5.32 Å². The first-order valence-corrected chi connectivity index (χ1v) is 7.09. The number of amides is 1. The highest BCUT2D eigenvalue weighted by atomic mass is 35.5. The molecule has 0 saturated heterocycles. The second kappa shape index (κ2) is 5.92. The molecule has 98 valence electrons. The summed E-state index contributed by atoms with van der Waals surface area (Å²) in [5, 5.41) is 2.05. The maximum Gasteiger partial charge on any atom is 0.271 e. The quantitative estimate of drug-likeness (QED) is 0.641. The molecule has 0 aliphatic rings. The average Bonchev–Trinajstić information content (AvgIpc) is 2.36. The SMILES string of the molecule is C=CCNC(=O)c1nc(S(=O)(=O)CC)ncc1Cl. The lowest BCUT2D eigenvalue weighted by atomic mass is 10.4. The molecule has 18 heavy (non-hydrogen) atoms. The minimum atomic E-state index is -3.57. The van der Waals surface area contributed by atoms with Crippen LogP contribution in [0.5, 0.6) is 0 Å². The van der Waals surface area contributed by atoms with Crippen LogP contribution in [0.25, 0.3) is 0 Å². The molecular weight excluding hydrogens is 278 g/mol. The van der Waals surface area contributed by atoms with Gasteiger partial charge in [0.2, 0.25) is 15.0 Å². The van der Waals surface area contributed by atoms with Crippen LogP contribution < -0.4 is 5.32 Å². The molecule has 1 amide bonds. The molecule has 0 unspecified atom stereocenters. The van der Waals surface area contributed by atoms with Crippen molar-refractivity contribution in [2.45, 2.75) is 12.1 Å². The van der Waals surface area contributed by atoms with Gasteiger partial charge in [0.1, 0.15) is 0 Å². The van der Waals surface area contributed by atoms with Crippen molar-refractivity contribution in [1.29, 1.82) is 0 Å². The summed E-state index contributed by atoms with van der Waals surface area (Å²) in [6.45, 7) is 5.14. The fraction of sp³-hybridized carbons (Fsp3) is 0.300. The number of nitrogens with one attached hydrogen (secondary N) is 1. The van der Waals surface area contributed by atoms with E-state index < -0.39 is 20.9 Å². The number of hydrogen-bond donors (Lipinski definition) is 1. The highest BCUT2D eigenvalue weighted by Crippen LogP contribution is 2.14. The molecule has 0 aliphatic carbocycles. The molecule has 6 nitrogen and oxygen atoms in total. The number of sulfone groups is 1. The van der Waals surface area contributed by atoms with E-state index in [9.17, 15) is 13.2 Å². The van der Waals surface area contributed by atoms with Gasteiger partial charge in [-0.3, -0.25) is 4.79 Å². The molecule has 0 fully saturated rings. The molecule has 0 atom stereocenters.